The molecule has 2 aromatic carbocycles. The second-order valence-electron chi connectivity index (χ2n) is 8.36. The first-order valence-electron chi connectivity index (χ1n) is 10.6. The second kappa shape index (κ2) is 8.09. The number of ether oxygens (including phenoxy) is 1. The van der Waals surface area contributed by atoms with Crippen LogP contribution in [-0.4, -0.2) is 47.4 Å². The van der Waals surface area contributed by atoms with Crippen molar-refractivity contribution in [3.8, 4) is 0 Å². The molecule has 5 rings (SSSR count). The molecule has 1 aliphatic carbocycles. The summed E-state index contributed by atoms with van der Waals surface area (Å²) in [5.41, 5.74) is 0.0376. The highest BCUT2D eigenvalue weighted by molar-refractivity contribution is 7.89. The number of sulfonamides is 1. The third kappa shape index (κ3) is 3.66. The van der Waals surface area contributed by atoms with Gasteiger partial charge in [-0.3, -0.25) is 10.1 Å². The van der Waals surface area contributed by atoms with Gasteiger partial charge in [0, 0.05) is 29.6 Å². The molecule has 2 fully saturated rings. The Morgan fingerprint density at radius 1 is 1.12 bits per heavy atom. The normalized spacial score (nSPS) is 21.2. The van der Waals surface area contributed by atoms with Gasteiger partial charge in [-0.2, -0.15) is 4.31 Å². The molecule has 0 radical (unpaired) electrons. The maximum Gasteiger partial charge on any atom is 0.255 e. The lowest BCUT2D eigenvalue weighted by molar-refractivity contribution is -0.135. The molecule has 2 heterocycles. The maximum absolute atomic E-state index is 13.6. The molecule has 9 heteroatoms. The first kappa shape index (κ1) is 21.3. The molecule has 2 atom stereocenters. The van der Waals surface area contributed by atoms with Crippen molar-refractivity contribution in [2.75, 3.05) is 6.54 Å². The summed E-state index contributed by atoms with van der Waals surface area (Å²) >= 11 is 0. The van der Waals surface area contributed by atoms with Crippen molar-refractivity contribution in [2.45, 2.75) is 48.8 Å². The Hall–Kier alpha value is -2.56. The van der Waals surface area contributed by atoms with Crippen LogP contribution in [0.15, 0.2) is 70.5 Å². The van der Waals surface area contributed by atoms with Crippen LogP contribution in [0.1, 0.15) is 24.8 Å². The fraction of sp³-hybridized carbons (Fsp3) is 0.348. The van der Waals surface area contributed by atoms with Crippen molar-refractivity contribution >= 4 is 20.8 Å². The number of hydrogen-bond acceptors (Lipinski definition) is 6. The Balaban J connectivity index is 1.35. The van der Waals surface area contributed by atoms with Crippen LogP contribution < -0.4 is 10.9 Å². The molecule has 0 bridgehead atoms. The van der Waals surface area contributed by atoms with Crippen molar-refractivity contribution in [1.29, 1.82) is 0 Å². The van der Waals surface area contributed by atoms with Gasteiger partial charge in [0.1, 0.15) is 0 Å². The Morgan fingerprint density at radius 2 is 1.91 bits per heavy atom. The molecule has 1 saturated carbocycles. The smallest absolute Gasteiger partial charge is 0.255 e. The first-order valence-corrected chi connectivity index (χ1v) is 12.1. The van der Waals surface area contributed by atoms with E-state index in [0.29, 0.717) is 36.6 Å². The second-order valence-corrected chi connectivity index (χ2v) is 10.2. The minimum atomic E-state index is -3.83. The van der Waals surface area contributed by atoms with Crippen molar-refractivity contribution in [2.24, 2.45) is 0 Å². The third-order valence-corrected chi connectivity index (χ3v) is 8.50. The van der Waals surface area contributed by atoms with Gasteiger partial charge in [-0.15, -0.1) is 0 Å². The molecule has 168 valence electrons. The SMILES string of the molecule is O=c1[nH]ccc2c(S(=O)(=O)N3CCC(NC(O)OCc4ccccc4)C34CC4)cccc12. The molecule has 2 aliphatic rings. The molecule has 3 N–H and O–H groups in total. The van der Waals surface area contributed by atoms with Crippen molar-refractivity contribution < 1.29 is 18.3 Å². The number of fused-ring (bicyclic) bond motifs is 1. The summed E-state index contributed by atoms with van der Waals surface area (Å²) in [4.78, 5) is 14.9. The average Bonchev–Trinajstić information content (AvgIpc) is 3.50. The van der Waals surface area contributed by atoms with E-state index in [0.717, 1.165) is 5.56 Å². The predicted molar refractivity (Wildman–Crippen MR) is 119 cm³/mol. The van der Waals surface area contributed by atoms with E-state index >= 15 is 0 Å². The Bertz CT molecular complexity index is 1290. The van der Waals surface area contributed by atoms with Crippen molar-refractivity contribution in [3.05, 3.63) is 76.7 Å². The van der Waals surface area contributed by atoms with E-state index in [4.69, 9.17) is 4.74 Å². The van der Waals surface area contributed by atoms with Gasteiger partial charge in [0.2, 0.25) is 16.4 Å². The molecule has 8 nitrogen and oxygen atoms in total. The molecular weight excluding hydrogens is 430 g/mol. The number of aliphatic hydroxyl groups excluding tert-OH is 1. The number of H-pyrrole nitrogens is 1. The van der Waals surface area contributed by atoms with Crippen LogP contribution in [0.2, 0.25) is 0 Å². The van der Waals surface area contributed by atoms with Gasteiger partial charge in [-0.25, -0.2) is 8.42 Å². The van der Waals surface area contributed by atoms with Crippen molar-refractivity contribution in [1.82, 2.24) is 14.6 Å². The fourth-order valence-corrected chi connectivity index (χ4v) is 6.82. The van der Waals surface area contributed by atoms with Gasteiger partial charge in [-0.05, 0) is 43.0 Å². The van der Waals surface area contributed by atoms with E-state index in [1.165, 1.54) is 10.5 Å². The van der Waals surface area contributed by atoms with E-state index in [1.807, 2.05) is 30.3 Å². The van der Waals surface area contributed by atoms with Gasteiger partial charge >= 0.3 is 0 Å². The minimum Gasteiger partial charge on any atom is -0.356 e. The van der Waals surface area contributed by atoms with E-state index in [1.54, 1.807) is 24.3 Å². The highest BCUT2D eigenvalue weighted by Gasteiger charge is 2.61. The highest BCUT2D eigenvalue weighted by atomic mass is 32.2. The minimum absolute atomic E-state index is 0.133. The molecule has 1 aromatic heterocycles. The standard InChI is InChI=1S/C23H25N3O5S/c27-21-18-7-4-8-19(17(18)9-13-24-21)32(29,30)26-14-10-20(23(26)11-12-23)25-22(28)31-15-16-5-2-1-3-6-16/h1-9,13,20,22,25,28H,10-12,14-15H2,(H,24,27). The molecule has 1 saturated heterocycles. The number of aromatic nitrogens is 1. The van der Waals surface area contributed by atoms with Crippen LogP contribution in [-0.2, 0) is 21.4 Å². The van der Waals surface area contributed by atoms with Gasteiger partial charge in [0.25, 0.3) is 5.56 Å². The van der Waals surface area contributed by atoms with Gasteiger partial charge < -0.3 is 14.8 Å². The lowest BCUT2D eigenvalue weighted by Gasteiger charge is -2.29. The molecule has 0 amide bonds. The zero-order valence-electron chi connectivity index (χ0n) is 17.4. The van der Waals surface area contributed by atoms with Crippen LogP contribution in [0.25, 0.3) is 10.8 Å². The first-order chi connectivity index (χ1) is 15.4. The van der Waals surface area contributed by atoms with Crippen LogP contribution in [0.5, 0.6) is 0 Å². The molecule has 2 unspecified atom stereocenters. The van der Waals surface area contributed by atoms with Crippen LogP contribution >= 0.6 is 0 Å². The van der Waals surface area contributed by atoms with Crippen LogP contribution in [0.4, 0.5) is 0 Å². The van der Waals surface area contributed by atoms with E-state index < -0.39 is 22.0 Å². The number of nitrogens with zero attached hydrogens (tertiary/aromatic N) is 1. The average molecular weight is 456 g/mol. The van der Waals surface area contributed by atoms with Gasteiger partial charge in [-0.1, -0.05) is 36.4 Å². The number of aliphatic hydroxyl groups is 1. The molecule has 1 spiro atoms. The quantitative estimate of drug-likeness (QED) is 0.469. The summed E-state index contributed by atoms with van der Waals surface area (Å²) in [6.45, 7) is 0.590. The van der Waals surface area contributed by atoms with E-state index in [2.05, 4.69) is 10.3 Å². The third-order valence-electron chi connectivity index (χ3n) is 6.47. The number of hydrogen-bond donors (Lipinski definition) is 3. The topological polar surface area (TPSA) is 112 Å². The lowest BCUT2D eigenvalue weighted by atomic mass is 10.1. The van der Waals surface area contributed by atoms with E-state index in [9.17, 15) is 18.3 Å². The monoisotopic (exact) mass is 455 g/mol. The molecular formula is C23H25N3O5S. The Labute approximate surface area is 185 Å². The zero-order valence-corrected chi connectivity index (χ0v) is 18.2. The largest absolute Gasteiger partial charge is 0.356 e. The number of rotatable bonds is 7. The summed E-state index contributed by atoms with van der Waals surface area (Å²) in [6.07, 6.45) is 2.25. The predicted octanol–water partition coefficient (Wildman–Crippen LogP) is 1.91. The number of benzene rings is 2. The Kier molecular flexibility index (Phi) is 5.39. The highest BCUT2D eigenvalue weighted by Crippen LogP contribution is 2.52. The zero-order chi connectivity index (χ0) is 22.3. The molecule has 32 heavy (non-hydrogen) atoms. The van der Waals surface area contributed by atoms with Crippen LogP contribution in [0.3, 0.4) is 0 Å². The molecule has 3 aromatic rings. The fourth-order valence-electron chi connectivity index (χ4n) is 4.74. The number of aromatic amines is 1. The maximum atomic E-state index is 13.6. The Morgan fingerprint density at radius 3 is 2.66 bits per heavy atom. The van der Waals surface area contributed by atoms with Gasteiger partial charge in [0.05, 0.1) is 17.0 Å². The number of nitrogens with one attached hydrogen (secondary N) is 2. The summed E-state index contributed by atoms with van der Waals surface area (Å²) in [5.74, 6) is 0. The summed E-state index contributed by atoms with van der Waals surface area (Å²) < 4.78 is 34.4. The summed E-state index contributed by atoms with van der Waals surface area (Å²) in [7, 11) is -3.83. The number of pyridine rings is 1. The lowest BCUT2D eigenvalue weighted by Crippen LogP contribution is -2.50. The molecule has 1 aliphatic heterocycles. The van der Waals surface area contributed by atoms with Gasteiger partial charge in [0.15, 0.2) is 0 Å². The summed E-state index contributed by atoms with van der Waals surface area (Å²) in [5, 5.41) is 14.2. The van der Waals surface area contributed by atoms with E-state index in [-0.39, 0.29) is 23.1 Å². The van der Waals surface area contributed by atoms with Crippen molar-refractivity contribution in [3.63, 3.8) is 0 Å². The summed E-state index contributed by atoms with van der Waals surface area (Å²) in [6, 6.07) is 15.7. The van der Waals surface area contributed by atoms with Crippen LogP contribution in [0, 0.1) is 0 Å².